The molecule has 4 heteroatoms. The number of nitrogens with zero attached hydrogens (tertiary/aromatic N) is 3. The Bertz CT molecular complexity index is 294. The molecule has 0 aromatic carbocycles. The average Bonchev–Trinajstić information content (AvgIpc) is 2.71. The summed E-state index contributed by atoms with van der Waals surface area (Å²) in [5.74, 6) is 1.52. The molecule has 3 atom stereocenters. The zero-order valence-electron chi connectivity index (χ0n) is 9.50. The van der Waals surface area contributed by atoms with E-state index in [0.717, 1.165) is 24.7 Å². The second-order valence-electron chi connectivity index (χ2n) is 4.92. The van der Waals surface area contributed by atoms with Crippen molar-refractivity contribution in [1.29, 1.82) is 0 Å². The van der Waals surface area contributed by atoms with Gasteiger partial charge in [0.15, 0.2) is 0 Å². The highest BCUT2D eigenvalue weighted by molar-refractivity contribution is 4.87. The molecule has 0 spiro atoms. The van der Waals surface area contributed by atoms with Gasteiger partial charge in [0, 0.05) is 6.04 Å². The van der Waals surface area contributed by atoms with Gasteiger partial charge in [0.25, 0.3) is 0 Å². The first-order valence-electron chi connectivity index (χ1n) is 5.78. The highest BCUT2D eigenvalue weighted by atomic mass is 15.3. The summed E-state index contributed by atoms with van der Waals surface area (Å²) in [4.78, 5) is 4.00. The molecular formula is C11H20N4. The van der Waals surface area contributed by atoms with Gasteiger partial charge in [-0.1, -0.05) is 13.8 Å². The second kappa shape index (κ2) is 4.31. The van der Waals surface area contributed by atoms with Crippen LogP contribution >= 0.6 is 0 Å². The summed E-state index contributed by atoms with van der Waals surface area (Å²) in [6, 6.07) is 0.579. The molecule has 4 nitrogen and oxygen atoms in total. The van der Waals surface area contributed by atoms with E-state index in [9.17, 15) is 0 Å². The third kappa shape index (κ3) is 2.20. The van der Waals surface area contributed by atoms with E-state index in [0.29, 0.717) is 6.04 Å². The van der Waals surface area contributed by atoms with Crippen molar-refractivity contribution in [3.05, 3.63) is 12.7 Å². The zero-order chi connectivity index (χ0) is 10.8. The molecule has 0 bridgehead atoms. The fourth-order valence-corrected chi connectivity index (χ4v) is 2.50. The molecule has 1 aromatic rings. The van der Waals surface area contributed by atoms with Crippen molar-refractivity contribution >= 4 is 0 Å². The van der Waals surface area contributed by atoms with E-state index in [4.69, 9.17) is 5.73 Å². The second-order valence-corrected chi connectivity index (χ2v) is 4.92. The van der Waals surface area contributed by atoms with Crippen LogP contribution in [0.4, 0.5) is 0 Å². The minimum Gasteiger partial charge on any atom is -0.326 e. The largest absolute Gasteiger partial charge is 0.326 e. The van der Waals surface area contributed by atoms with Gasteiger partial charge < -0.3 is 5.73 Å². The smallest absolute Gasteiger partial charge is 0.137 e. The molecule has 3 unspecified atom stereocenters. The number of aromatic nitrogens is 3. The summed E-state index contributed by atoms with van der Waals surface area (Å²) in [5, 5.41) is 4.21. The van der Waals surface area contributed by atoms with Crippen molar-refractivity contribution in [2.24, 2.45) is 17.6 Å². The molecule has 1 heterocycles. The highest BCUT2D eigenvalue weighted by Gasteiger charge is 2.31. The Morgan fingerprint density at radius 1 is 1.40 bits per heavy atom. The molecule has 1 saturated carbocycles. The molecule has 84 valence electrons. The summed E-state index contributed by atoms with van der Waals surface area (Å²) in [5.41, 5.74) is 6.14. The van der Waals surface area contributed by atoms with Crippen LogP contribution in [0.1, 0.15) is 39.2 Å². The Hall–Kier alpha value is -0.900. The SMILES string of the molecule is CC(C)C1CCC(N)C(n2cncn2)C1. The molecule has 2 N–H and O–H groups in total. The molecule has 0 radical (unpaired) electrons. The van der Waals surface area contributed by atoms with Crippen LogP contribution in [0.25, 0.3) is 0 Å². The highest BCUT2D eigenvalue weighted by Crippen LogP contribution is 2.35. The molecule has 0 amide bonds. The zero-order valence-corrected chi connectivity index (χ0v) is 9.50. The first-order chi connectivity index (χ1) is 7.18. The van der Waals surface area contributed by atoms with E-state index in [1.807, 2.05) is 4.68 Å². The Balaban J connectivity index is 2.09. The summed E-state index contributed by atoms with van der Waals surface area (Å²) in [7, 11) is 0. The predicted octanol–water partition coefficient (Wildman–Crippen LogP) is 1.60. The van der Waals surface area contributed by atoms with Crippen molar-refractivity contribution in [3.63, 3.8) is 0 Å². The van der Waals surface area contributed by atoms with Crippen LogP contribution in [-0.2, 0) is 0 Å². The van der Waals surface area contributed by atoms with Gasteiger partial charge in [0.1, 0.15) is 12.7 Å². The molecular weight excluding hydrogens is 188 g/mol. The topological polar surface area (TPSA) is 56.7 Å². The lowest BCUT2D eigenvalue weighted by atomic mass is 9.77. The first kappa shape index (κ1) is 10.6. The summed E-state index contributed by atoms with van der Waals surface area (Å²) in [6.45, 7) is 4.58. The van der Waals surface area contributed by atoms with Crippen molar-refractivity contribution < 1.29 is 0 Å². The van der Waals surface area contributed by atoms with E-state index in [1.165, 1.54) is 6.42 Å². The Labute approximate surface area is 90.9 Å². The van der Waals surface area contributed by atoms with Crippen LogP contribution < -0.4 is 5.73 Å². The predicted molar refractivity (Wildman–Crippen MR) is 59.2 cm³/mol. The van der Waals surface area contributed by atoms with Crippen LogP contribution in [0.15, 0.2) is 12.7 Å². The van der Waals surface area contributed by atoms with Gasteiger partial charge in [0.05, 0.1) is 6.04 Å². The quantitative estimate of drug-likeness (QED) is 0.803. The summed E-state index contributed by atoms with van der Waals surface area (Å²) < 4.78 is 1.93. The number of rotatable bonds is 2. The standard InChI is InChI=1S/C11H20N4/c1-8(2)9-3-4-10(12)11(5-9)15-7-13-6-14-15/h6-11H,3-5,12H2,1-2H3. The lowest BCUT2D eigenvalue weighted by molar-refractivity contribution is 0.183. The van der Waals surface area contributed by atoms with Crippen molar-refractivity contribution in [1.82, 2.24) is 14.8 Å². The van der Waals surface area contributed by atoms with Crippen molar-refractivity contribution in [2.75, 3.05) is 0 Å². The van der Waals surface area contributed by atoms with E-state index < -0.39 is 0 Å². The number of nitrogens with two attached hydrogens (primary N) is 1. The average molecular weight is 208 g/mol. The fraction of sp³-hybridized carbons (Fsp3) is 0.818. The Morgan fingerprint density at radius 3 is 2.80 bits per heavy atom. The van der Waals surface area contributed by atoms with E-state index in [2.05, 4.69) is 23.9 Å². The Morgan fingerprint density at radius 2 is 2.20 bits per heavy atom. The maximum Gasteiger partial charge on any atom is 0.137 e. The lowest BCUT2D eigenvalue weighted by Gasteiger charge is -2.35. The molecule has 0 saturated heterocycles. The van der Waals surface area contributed by atoms with E-state index in [1.54, 1.807) is 12.7 Å². The van der Waals surface area contributed by atoms with Gasteiger partial charge in [-0.05, 0) is 31.1 Å². The van der Waals surface area contributed by atoms with Gasteiger partial charge in [-0.3, -0.25) is 0 Å². The van der Waals surface area contributed by atoms with Gasteiger partial charge in [-0.25, -0.2) is 9.67 Å². The summed E-state index contributed by atoms with van der Waals surface area (Å²) >= 11 is 0. The van der Waals surface area contributed by atoms with Gasteiger partial charge in [-0.2, -0.15) is 5.10 Å². The van der Waals surface area contributed by atoms with Crippen LogP contribution in [0.5, 0.6) is 0 Å². The number of hydrogen-bond donors (Lipinski definition) is 1. The molecule has 2 rings (SSSR count). The van der Waals surface area contributed by atoms with Gasteiger partial charge >= 0.3 is 0 Å². The van der Waals surface area contributed by atoms with Crippen LogP contribution in [-0.4, -0.2) is 20.8 Å². The molecule has 15 heavy (non-hydrogen) atoms. The van der Waals surface area contributed by atoms with Crippen LogP contribution in [0.3, 0.4) is 0 Å². The minimum atomic E-state index is 0.238. The maximum atomic E-state index is 6.14. The van der Waals surface area contributed by atoms with Gasteiger partial charge in [-0.15, -0.1) is 0 Å². The van der Waals surface area contributed by atoms with Crippen LogP contribution in [0, 0.1) is 11.8 Å². The van der Waals surface area contributed by atoms with Crippen molar-refractivity contribution in [2.45, 2.75) is 45.2 Å². The molecule has 1 aromatic heterocycles. The third-order valence-electron chi connectivity index (χ3n) is 3.63. The monoisotopic (exact) mass is 208 g/mol. The normalized spacial score (nSPS) is 32.1. The van der Waals surface area contributed by atoms with E-state index >= 15 is 0 Å². The number of hydrogen-bond acceptors (Lipinski definition) is 3. The molecule has 0 aliphatic heterocycles. The van der Waals surface area contributed by atoms with Crippen LogP contribution in [0.2, 0.25) is 0 Å². The molecule has 1 fully saturated rings. The molecule has 1 aliphatic rings. The van der Waals surface area contributed by atoms with Crippen molar-refractivity contribution in [3.8, 4) is 0 Å². The summed E-state index contributed by atoms with van der Waals surface area (Å²) in [6.07, 6.45) is 6.87. The fourth-order valence-electron chi connectivity index (χ4n) is 2.50. The Kier molecular flexibility index (Phi) is 3.05. The van der Waals surface area contributed by atoms with Gasteiger partial charge in [0.2, 0.25) is 0 Å². The van der Waals surface area contributed by atoms with E-state index in [-0.39, 0.29) is 6.04 Å². The first-order valence-corrected chi connectivity index (χ1v) is 5.78. The molecule has 1 aliphatic carbocycles. The third-order valence-corrected chi connectivity index (χ3v) is 3.63. The minimum absolute atomic E-state index is 0.238. The lowest BCUT2D eigenvalue weighted by Crippen LogP contribution is -2.39. The maximum absolute atomic E-state index is 6.14.